The third-order valence-corrected chi connectivity index (χ3v) is 4.39. The molecule has 0 aliphatic carbocycles. The number of ether oxygens (including phenoxy) is 1. The Morgan fingerprint density at radius 3 is 2.90 bits per heavy atom. The number of methoxy groups -OCH3 is 1. The molecule has 4 rings (SSSR count). The number of halogens is 2. The molecule has 8 nitrogen and oxygen atoms in total. The number of aryl methyl sites for hydroxylation is 1. The minimum atomic E-state index is -0.575. The van der Waals surface area contributed by atoms with Gasteiger partial charge in [-0.05, 0) is 31.2 Å². The summed E-state index contributed by atoms with van der Waals surface area (Å²) in [6.45, 7) is 1.72. The number of fused-ring (bicyclic) bond motifs is 1. The van der Waals surface area contributed by atoms with Gasteiger partial charge in [0.1, 0.15) is 22.6 Å². The Hall–Kier alpha value is -3.59. The lowest BCUT2D eigenvalue weighted by Crippen LogP contribution is -2.07. The summed E-state index contributed by atoms with van der Waals surface area (Å²) < 4.78 is 24.4. The van der Waals surface area contributed by atoms with Crippen molar-refractivity contribution in [2.45, 2.75) is 6.92 Å². The first-order valence-corrected chi connectivity index (χ1v) is 8.74. The van der Waals surface area contributed by atoms with Gasteiger partial charge in [-0.25, -0.2) is 14.2 Å². The predicted octanol–water partition coefficient (Wildman–Crippen LogP) is 4.31. The first kappa shape index (κ1) is 18.8. The highest BCUT2D eigenvalue weighted by Gasteiger charge is 2.20. The third kappa shape index (κ3) is 3.47. The van der Waals surface area contributed by atoms with Crippen molar-refractivity contribution in [3.8, 4) is 11.4 Å². The Morgan fingerprint density at radius 2 is 2.10 bits per heavy atom. The summed E-state index contributed by atoms with van der Waals surface area (Å²) >= 11 is 6.00. The molecule has 0 atom stereocenters. The van der Waals surface area contributed by atoms with Gasteiger partial charge in [-0.15, -0.1) is 0 Å². The summed E-state index contributed by atoms with van der Waals surface area (Å²) in [4.78, 5) is 24.7. The van der Waals surface area contributed by atoms with Crippen molar-refractivity contribution >= 4 is 40.2 Å². The van der Waals surface area contributed by atoms with Crippen LogP contribution in [-0.2, 0) is 4.74 Å². The number of nitrogens with one attached hydrogen (secondary N) is 1. The normalized spacial score (nSPS) is 10.9. The van der Waals surface area contributed by atoms with Gasteiger partial charge in [-0.1, -0.05) is 16.8 Å². The summed E-state index contributed by atoms with van der Waals surface area (Å²) in [7, 11) is 1.27. The lowest BCUT2D eigenvalue weighted by atomic mass is 10.2. The topological polar surface area (TPSA) is 103 Å². The second-order valence-corrected chi connectivity index (χ2v) is 6.44. The van der Waals surface area contributed by atoms with Gasteiger partial charge in [-0.3, -0.25) is 4.98 Å². The van der Waals surface area contributed by atoms with E-state index in [1.807, 2.05) is 0 Å². The third-order valence-electron chi connectivity index (χ3n) is 4.16. The molecule has 0 bridgehead atoms. The van der Waals surface area contributed by atoms with Crippen LogP contribution in [0.25, 0.3) is 22.5 Å². The number of anilines is 2. The quantitative estimate of drug-likeness (QED) is 0.493. The number of carbonyl (C=O) groups is 1. The van der Waals surface area contributed by atoms with Crippen LogP contribution in [-0.4, -0.2) is 33.2 Å². The molecular weight excluding hydrogens is 401 g/mol. The van der Waals surface area contributed by atoms with Gasteiger partial charge in [0.2, 0.25) is 0 Å². The Kier molecular flexibility index (Phi) is 4.81. The van der Waals surface area contributed by atoms with Gasteiger partial charge >= 0.3 is 5.97 Å². The van der Waals surface area contributed by atoms with E-state index < -0.39 is 11.8 Å². The van der Waals surface area contributed by atoms with Gasteiger partial charge in [0.05, 0.1) is 24.1 Å². The lowest BCUT2D eigenvalue weighted by Gasteiger charge is -2.11. The first-order valence-electron chi connectivity index (χ1n) is 8.36. The monoisotopic (exact) mass is 413 g/mol. The van der Waals surface area contributed by atoms with Crippen LogP contribution in [0.1, 0.15) is 16.1 Å². The number of hydrogen-bond donors (Lipinski definition) is 1. The molecule has 29 heavy (non-hydrogen) atoms. The zero-order valence-electron chi connectivity index (χ0n) is 15.2. The van der Waals surface area contributed by atoms with E-state index in [-0.39, 0.29) is 28.5 Å². The molecule has 0 unspecified atom stereocenters. The van der Waals surface area contributed by atoms with Crippen LogP contribution >= 0.6 is 11.6 Å². The van der Waals surface area contributed by atoms with Crippen molar-refractivity contribution in [1.82, 2.24) is 20.1 Å². The van der Waals surface area contributed by atoms with Gasteiger partial charge in [-0.2, -0.15) is 4.98 Å². The highest BCUT2D eigenvalue weighted by molar-refractivity contribution is 6.30. The van der Waals surface area contributed by atoms with Crippen molar-refractivity contribution in [2.75, 3.05) is 12.4 Å². The molecule has 146 valence electrons. The van der Waals surface area contributed by atoms with Gasteiger partial charge < -0.3 is 14.6 Å². The molecular formula is C19H13ClFN5O3. The number of hydrogen-bond acceptors (Lipinski definition) is 8. The number of carbonyl (C=O) groups excluding carboxylic acids is 1. The van der Waals surface area contributed by atoms with E-state index in [2.05, 4.69) is 25.4 Å². The SMILES string of the molecule is COC(=O)c1cnccc1Nc1nc(-c2cc(Cl)ccc2F)nc2onc(C)c12. The van der Waals surface area contributed by atoms with E-state index in [0.717, 1.165) is 0 Å². The molecule has 3 aromatic heterocycles. The van der Waals surface area contributed by atoms with Crippen molar-refractivity contribution in [3.63, 3.8) is 0 Å². The van der Waals surface area contributed by atoms with E-state index >= 15 is 0 Å². The molecule has 1 aromatic carbocycles. The van der Waals surface area contributed by atoms with Crippen molar-refractivity contribution in [1.29, 1.82) is 0 Å². The Bertz CT molecular complexity index is 1240. The molecule has 0 aliphatic heterocycles. The summed E-state index contributed by atoms with van der Waals surface area (Å²) in [5.41, 5.74) is 1.37. The standard InChI is InChI=1S/C19H13ClFN5O3/c1-9-15-17(23-14-5-6-22-8-12(14)19(27)28-2)24-16(25-18(15)29-26-9)11-7-10(20)3-4-13(11)21/h3-8H,1-2H3,(H,22,23,24,25). The second kappa shape index (κ2) is 7.44. The average molecular weight is 414 g/mol. The Labute approximate surface area is 168 Å². The molecule has 0 radical (unpaired) electrons. The Morgan fingerprint density at radius 1 is 1.28 bits per heavy atom. The Balaban J connectivity index is 1.90. The second-order valence-electron chi connectivity index (χ2n) is 6.01. The van der Waals surface area contributed by atoms with Crippen LogP contribution in [0, 0.1) is 12.7 Å². The number of nitrogens with zero attached hydrogens (tertiary/aromatic N) is 4. The van der Waals surface area contributed by atoms with E-state index in [0.29, 0.717) is 21.8 Å². The van der Waals surface area contributed by atoms with Gasteiger partial charge in [0, 0.05) is 17.4 Å². The number of esters is 1. The van der Waals surface area contributed by atoms with Gasteiger partial charge in [0.25, 0.3) is 5.71 Å². The predicted molar refractivity (Wildman–Crippen MR) is 104 cm³/mol. The molecule has 0 amide bonds. The van der Waals surface area contributed by atoms with Crippen LogP contribution in [0.5, 0.6) is 0 Å². The molecule has 0 fully saturated rings. The van der Waals surface area contributed by atoms with E-state index in [1.165, 1.54) is 37.7 Å². The lowest BCUT2D eigenvalue weighted by molar-refractivity contribution is 0.0601. The van der Waals surface area contributed by atoms with Crippen LogP contribution in [0.3, 0.4) is 0 Å². The number of pyridine rings is 1. The van der Waals surface area contributed by atoms with Crippen LogP contribution in [0.2, 0.25) is 5.02 Å². The zero-order valence-corrected chi connectivity index (χ0v) is 16.0. The summed E-state index contributed by atoms with van der Waals surface area (Å²) in [5.74, 6) is -0.798. The number of aromatic nitrogens is 4. The average Bonchev–Trinajstić information content (AvgIpc) is 3.10. The molecule has 4 aromatic rings. The van der Waals surface area contributed by atoms with E-state index in [4.69, 9.17) is 20.9 Å². The first-order chi connectivity index (χ1) is 14.0. The molecule has 0 saturated heterocycles. The molecule has 0 aliphatic rings. The largest absolute Gasteiger partial charge is 0.465 e. The maximum atomic E-state index is 14.4. The zero-order chi connectivity index (χ0) is 20.5. The maximum Gasteiger partial charge on any atom is 0.341 e. The molecule has 0 saturated carbocycles. The molecule has 10 heteroatoms. The van der Waals surface area contributed by atoms with Crippen molar-refractivity contribution in [2.24, 2.45) is 0 Å². The fourth-order valence-corrected chi connectivity index (χ4v) is 2.95. The molecule has 1 N–H and O–H groups in total. The van der Waals surface area contributed by atoms with Crippen LogP contribution in [0.4, 0.5) is 15.9 Å². The van der Waals surface area contributed by atoms with Gasteiger partial charge in [0.15, 0.2) is 5.82 Å². The van der Waals surface area contributed by atoms with Crippen molar-refractivity contribution in [3.05, 3.63) is 58.8 Å². The van der Waals surface area contributed by atoms with E-state index in [1.54, 1.807) is 13.0 Å². The fraction of sp³-hybridized carbons (Fsp3) is 0.105. The summed E-state index contributed by atoms with van der Waals surface area (Å²) in [5, 5.41) is 7.78. The minimum Gasteiger partial charge on any atom is -0.465 e. The highest BCUT2D eigenvalue weighted by Crippen LogP contribution is 2.32. The highest BCUT2D eigenvalue weighted by atomic mass is 35.5. The minimum absolute atomic E-state index is 0.0461. The van der Waals surface area contributed by atoms with Crippen LogP contribution < -0.4 is 5.32 Å². The van der Waals surface area contributed by atoms with Crippen LogP contribution in [0.15, 0.2) is 41.2 Å². The molecule has 3 heterocycles. The van der Waals surface area contributed by atoms with Crippen molar-refractivity contribution < 1.29 is 18.4 Å². The maximum absolute atomic E-state index is 14.4. The fourth-order valence-electron chi connectivity index (χ4n) is 2.77. The number of benzene rings is 1. The molecule has 0 spiro atoms. The number of rotatable bonds is 4. The summed E-state index contributed by atoms with van der Waals surface area (Å²) in [6.07, 6.45) is 2.87. The van der Waals surface area contributed by atoms with E-state index in [9.17, 15) is 9.18 Å². The summed E-state index contributed by atoms with van der Waals surface area (Å²) in [6, 6.07) is 5.65. The smallest absolute Gasteiger partial charge is 0.341 e.